The third-order valence-corrected chi connectivity index (χ3v) is 4.54. The van der Waals surface area contributed by atoms with Crippen LogP contribution in [0.1, 0.15) is 25.3 Å². The van der Waals surface area contributed by atoms with E-state index in [1.807, 2.05) is 43.3 Å². The lowest BCUT2D eigenvalue weighted by molar-refractivity contribution is 0.297. The van der Waals surface area contributed by atoms with Crippen LogP contribution in [0.5, 0.6) is 17.2 Å². The van der Waals surface area contributed by atoms with Gasteiger partial charge < -0.3 is 24.8 Å². The molecule has 6 nitrogen and oxygen atoms in total. The standard InChI is InChI=1S/C22H29N3O3/c1-4-23-22(25-18-11-12-20(26-2)21(13-18)27-3)24-14-17-7-5-6-8-19(17)28-15-16-9-10-16/h5-8,11-13,16H,4,9-10,14-15H2,1-3H3,(H2,23,24,25). The SMILES string of the molecule is CCNC(=NCc1ccccc1OCC1CC1)Nc1ccc(OC)c(OC)c1. The molecule has 0 saturated heterocycles. The summed E-state index contributed by atoms with van der Waals surface area (Å²) in [7, 11) is 3.25. The van der Waals surface area contributed by atoms with Gasteiger partial charge in [0.05, 0.1) is 27.4 Å². The molecule has 1 aliphatic carbocycles. The molecular formula is C22H29N3O3. The van der Waals surface area contributed by atoms with Crippen LogP contribution in [0.2, 0.25) is 0 Å². The first-order chi connectivity index (χ1) is 13.7. The normalized spacial score (nSPS) is 13.8. The summed E-state index contributed by atoms with van der Waals surface area (Å²) in [6.45, 7) is 4.13. The number of guanidine groups is 1. The van der Waals surface area contributed by atoms with Crippen molar-refractivity contribution in [1.82, 2.24) is 5.32 Å². The zero-order chi connectivity index (χ0) is 19.8. The molecule has 6 heteroatoms. The van der Waals surface area contributed by atoms with E-state index in [-0.39, 0.29) is 0 Å². The Morgan fingerprint density at radius 2 is 1.82 bits per heavy atom. The minimum Gasteiger partial charge on any atom is -0.493 e. The molecule has 0 bridgehead atoms. The highest BCUT2D eigenvalue weighted by molar-refractivity contribution is 5.93. The van der Waals surface area contributed by atoms with E-state index in [1.54, 1.807) is 14.2 Å². The predicted octanol–water partition coefficient (Wildman–Crippen LogP) is 4.07. The lowest BCUT2D eigenvalue weighted by Crippen LogP contribution is -2.30. The van der Waals surface area contributed by atoms with Gasteiger partial charge in [0.15, 0.2) is 17.5 Å². The lowest BCUT2D eigenvalue weighted by atomic mass is 10.2. The topological polar surface area (TPSA) is 64.1 Å². The number of para-hydroxylation sites is 1. The van der Waals surface area contributed by atoms with Gasteiger partial charge in [-0.2, -0.15) is 0 Å². The molecule has 150 valence electrons. The maximum Gasteiger partial charge on any atom is 0.196 e. The minimum absolute atomic E-state index is 0.531. The van der Waals surface area contributed by atoms with Crippen molar-refractivity contribution in [2.24, 2.45) is 10.9 Å². The molecule has 0 aromatic heterocycles. The fourth-order valence-electron chi connectivity index (χ4n) is 2.79. The average Bonchev–Trinajstić information content (AvgIpc) is 3.55. The zero-order valence-electron chi connectivity index (χ0n) is 16.8. The highest BCUT2D eigenvalue weighted by atomic mass is 16.5. The van der Waals surface area contributed by atoms with Crippen molar-refractivity contribution in [2.45, 2.75) is 26.3 Å². The van der Waals surface area contributed by atoms with Crippen LogP contribution in [0.3, 0.4) is 0 Å². The van der Waals surface area contributed by atoms with E-state index in [0.717, 1.165) is 36.1 Å². The smallest absolute Gasteiger partial charge is 0.196 e. The molecule has 2 aromatic rings. The van der Waals surface area contributed by atoms with Crippen LogP contribution in [0.15, 0.2) is 47.5 Å². The van der Waals surface area contributed by atoms with Crippen LogP contribution in [-0.4, -0.2) is 33.3 Å². The van der Waals surface area contributed by atoms with Crippen molar-refractivity contribution in [3.05, 3.63) is 48.0 Å². The Morgan fingerprint density at radius 1 is 1.04 bits per heavy atom. The Balaban J connectivity index is 1.70. The molecule has 1 saturated carbocycles. The minimum atomic E-state index is 0.531. The summed E-state index contributed by atoms with van der Waals surface area (Å²) in [5, 5.41) is 6.59. The molecule has 2 N–H and O–H groups in total. The van der Waals surface area contributed by atoms with Gasteiger partial charge in [-0.05, 0) is 43.9 Å². The van der Waals surface area contributed by atoms with Crippen LogP contribution in [-0.2, 0) is 6.54 Å². The van der Waals surface area contributed by atoms with E-state index in [2.05, 4.69) is 16.7 Å². The number of benzene rings is 2. The molecule has 0 unspecified atom stereocenters. The van der Waals surface area contributed by atoms with Gasteiger partial charge in [0.2, 0.25) is 0 Å². The number of ether oxygens (including phenoxy) is 3. The quantitative estimate of drug-likeness (QED) is 0.505. The Labute approximate surface area is 166 Å². The van der Waals surface area contributed by atoms with Crippen LogP contribution in [0.25, 0.3) is 0 Å². The molecule has 0 aliphatic heterocycles. The largest absolute Gasteiger partial charge is 0.493 e. The monoisotopic (exact) mass is 383 g/mol. The molecule has 2 aromatic carbocycles. The van der Waals surface area contributed by atoms with Crippen molar-refractivity contribution in [2.75, 3.05) is 32.7 Å². The van der Waals surface area contributed by atoms with E-state index >= 15 is 0 Å². The summed E-state index contributed by atoms with van der Waals surface area (Å²) >= 11 is 0. The van der Waals surface area contributed by atoms with Crippen molar-refractivity contribution < 1.29 is 14.2 Å². The Kier molecular flexibility index (Phi) is 7.00. The van der Waals surface area contributed by atoms with Gasteiger partial charge in [0.25, 0.3) is 0 Å². The van der Waals surface area contributed by atoms with Gasteiger partial charge in [-0.1, -0.05) is 18.2 Å². The van der Waals surface area contributed by atoms with Crippen LogP contribution >= 0.6 is 0 Å². The maximum absolute atomic E-state index is 5.99. The third-order valence-electron chi connectivity index (χ3n) is 4.54. The van der Waals surface area contributed by atoms with E-state index in [0.29, 0.717) is 24.0 Å². The number of hydrogen-bond acceptors (Lipinski definition) is 4. The Morgan fingerprint density at radius 3 is 2.54 bits per heavy atom. The predicted molar refractivity (Wildman–Crippen MR) is 113 cm³/mol. The zero-order valence-corrected chi connectivity index (χ0v) is 16.8. The van der Waals surface area contributed by atoms with Crippen molar-refractivity contribution in [1.29, 1.82) is 0 Å². The summed E-state index contributed by atoms with van der Waals surface area (Å²) < 4.78 is 16.7. The molecule has 0 spiro atoms. The van der Waals surface area contributed by atoms with Gasteiger partial charge in [0, 0.05) is 23.9 Å². The van der Waals surface area contributed by atoms with Gasteiger partial charge in [0.1, 0.15) is 5.75 Å². The van der Waals surface area contributed by atoms with Crippen LogP contribution < -0.4 is 24.8 Å². The number of aliphatic imine (C=N–C) groups is 1. The van der Waals surface area contributed by atoms with Gasteiger partial charge >= 0.3 is 0 Å². The first-order valence-corrected chi connectivity index (χ1v) is 9.71. The van der Waals surface area contributed by atoms with Crippen molar-refractivity contribution in [3.8, 4) is 17.2 Å². The number of hydrogen-bond donors (Lipinski definition) is 2. The molecule has 0 amide bonds. The number of anilines is 1. The number of rotatable bonds is 9. The number of nitrogens with one attached hydrogen (secondary N) is 2. The molecule has 3 rings (SSSR count). The molecule has 1 fully saturated rings. The molecule has 28 heavy (non-hydrogen) atoms. The van der Waals surface area contributed by atoms with Gasteiger partial charge in [-0.25, -0.2) is 4.99 Å². The highest BCUT2D eigenvalue weighted by Gasteiger charge is 2.22. The molecule has 0 atom stereocenters. The van der Waals surface area contributed by atoms with E-state index in [1.165, 1.54) is 12.8 Å². The van der Waals surface area contributed by atoms with E-state index in [9.17, 15) is 0 Å². The Bertz CT molecular complexity index is 803. The fourth-order valence-corrected chi connectivity index (χ4v) is 2.79. The lowest BCUT2D eigenvalue weighted by Gasteiger charge is -2.14. The van der Waals surface area contributed by atoms with Crippen LogP contribution in [0.4, 0.5) is 5.69 Å². The highest BCUT2D eigenvalue weighted by Crippen LogP contribution is 2.31. The van der Waals surface area contributed by atoms with Crippen molar-refractivity contribution >= 4 is 11.6 Å². The van der Waals surface area contributed by atoms with Gasteiger partial charge in [-0.3, -0.25) is 0 Å². The number of methoxy groups -OCH3 is 2. The maximum atomic E-state index is 5.99. The first-order valence-electron chi connectivity index (χ1n) is 9.71. The summed E-state index contributed by atoms with van der Waals surface area (Å²) in [5.74, 6) is 3.70. The summed E-state index contributed by atoms with van der Waals surface area (Å²) in [6.07, 6.45) is 2.56. The molecule has 0 radical (unpaired) electrons. The van der Waals surface area contributed by atoms with Crippen LogP contribution in [0, 0.1) is 5.92 Å². The molecule has 1 aliphatic rings. The van der Waals surface area contributed by atoms with E-state index < -0.39 is 0 Å². The summed E-state index contributed by atoms with van der Waals surface area (Å²) in [5.41, 5.74) is 1.95. The third kappa shape index (κ3) is 5.55. The average molecular weight is 383 g/mol. The summed E-state index contributed by atoms with van der Waals surface area (Å²) in [4.78, 5) is 4.72. The fraction of sp³-hybridized carbons (Fsp3) is 0.409. The van der Waals surface area contributed by atoms with Gasteiger partial charge in [-0.15, -0.1) is 0 Å². The van der Waals surface area contributed by atoms with E-state index in [4.69, 9.17) is 19.2 Å². The Hall–Kier alpha value is -2.89. The number of nitrogens with zero attached hydrogens (tertiary/aromatic N) is 1. The summed E-state index contributed by atoms with van der Waals surface area (Å²) in [6, 6.07) is 13.8. The molecule has 0 heterocycles. The second kappa shape index (κ2) is 9.88. The van der Waals surface area contributed by atoms with Crippen molar-refractivity contribution in [3.63, 3.8) is 0 Å². The molecular weight excluding hydrogens is 354 g/mol. The second-order valence-corrected chi connectivity index (χ2v) is 6.75. The second-order valence-electron chi connectivity index (χ2n) is 6.75. The first kappa shape index (κ1) is 19.9.